The molecule has 0 unspecified atom stereocenters. The molecule has 2 amide bonds. The van der Waals surface area contributed by atoms with Crippen molar-refractivity contribution in [2.45, 2.75) is 117 Å². The number of benzene rings is 2. The molecule has 4 heterocycles. The average Bonchev–Trinajstić information content (AvgIpc) is 3.79. The monoisotopic (exact) mass is 764 g/mol. The molecule has 0 spiro atoms. The highest BCUT2D eigenvalue weighted by molar-refractivity contribution is 6.74. The SMILES string of the molecule is Cc1ccc(C)n1-c1ccc([C@H](CN(C[C@H]2CCc3cc(-c4cccc(C(=O)N5CCCC5)c4)ccc3O2)C(=O)OC(C)(C)C)O[Si](C)(C)C(C)(C)C)cn1. The maximum atomic E-state index is 14.0. The first-order chi connectivity index (χ1) is 25.9. The van der Waals surface area contributed by atoms with Crippen LogP contribution in [0.4, 0.5) is 4.79 Å². The summed E-state index contributed by atoms with van der Waals surface area (Å²) in [7, 11) is -2.30. The summed E-state index contributed by atoms with van der Waals surface area (Å²) in [6, 6.07) is 22.5. The molecule has 10 heteroatoms. The number of fused-ring (bicyclic) bond motifs is 1. The van der Waals surface area contributed by atoms with Gasteiger partial charge in [0.2, 0.25) is 0 Å². The van der Waals surface area contributed by atoms with E-state index in [9.17, 15) is 9.59 Å². The van der Waals surface area contributed by atoms with Crippen LogP contribution in [0.2, 0.25) is 18.1 Å². The highest BCUT2D eigenvalue weighted by atomic mass is 28.4. The minimum absolute atomic E-state index is 0.0471. The standard InChI is InChI=1S/C45H60N4O5Si/c1-31-16-17-32(2)49(31)41-23-20-37(28-46-41)40(54-55(9,10)45(6,7)8)30-48(43(51)53-44(3,4)5)29-38-21-18-35-26-34(19-22-39(35)52-38)33-14-13-15-36(27-33)42(50)47-24-11-12-25-47/h13-17,19-20,22-23,26-28,38,40H,11-12,18,21,24-25,29-30H2,1-10H3/t38-,40+/m1/s1. The van der Waals surface area contributed by atoms with Gasteiger partial charge in [-0.25, -0.2) is 9.78 Å². The number of aryl methyl sites for hydroxylation is 3. The average molecular weight is 765 g/mol. The van der Waals surface area contributed by atoms with E-state index < -0.39 is 26.1 Å². The molecule has 0 bridgehead atoms. The van der Waals surface area contributed by atoms with Crippen LogP contribution in [0.3, 0.4) is 0 Å². The van der Waals surface area contributed by atoms with Crippen molar-refractivity contribution in [2.75, 3.05) is 26.2 Å². The molecule has 1 saturated heterocycles. The molecule has 0 saturated carbocycles. The van der Waals surface area contributed by atoms with E-state index in [0.717, 1.165) is 89.5 Å². The van der Waals surface area contributed by atoms with E-state index in [4.69, 9.17) is 18.9 Å². The molecule has 2 atom stereocenters. The normalized spacial score (nSPS) is 16.7. The van der Waals surface area contributed by atoms with Gasteiger partial charge in [-0.3, -0.25) is 4.79 Å². The Morgan fingerprint density at radius 3 is 2.25 bits per heavy atom. The predicted octanol–water partition coefficient (Wildman–Crippen LogP) is 10.1. The minimum Gasteiger partial charge on any atom is -0.488 e. The number of aromatic nitrogens is 2. The van der Waals surface area contributed by atoms with Crippen LogP contribution in [0.25, 0.3) is 16.9 Å². The number of hydrogen-bond donors (Lipinski definition) is 0. The Morgan fingerprint density at radius 1 is 0.927 bits per heavy atom. The molecule has 0 radical (unpaired) electrons. The first-order valence-corrected chi connectivity index (χ1v) is 22.8. The van der Waals surface area contributed by atoms with Crippen molar-refractivity contribution in [3.05, 3.63) is 101 Å². The second-order valence-electron chi connectivity index (χ2n) is 17.8. The fraction of sp³-hybridized carbons (Fsp3) is 0.489. The first kappa shape index (κ1) is 40.3. The number of carbonyl (C=O) groups excluding carboxylic acids is 2. The zero-order chi connectivity index (χ0) is 39.7. The Labute approximate surface area is 329 Å². The van der Waals surface area contributed by atoms with Gasteiger partial charge in [0.25, 0.3) is 5.91 Å². The van der Waals surface area contributed by atoms with Crippen molar-refractivity contribution in [1.29, 1.82) is 0 Å². The number of ether oxygens (including phenoxy) is 2. The predicted molar refractivity (Wildman–Crippen MR) is 222 cm³/mol. The largest absolute Gasteiger partial charge is 0.488 e. The molecular formula is C45H60N4O5Si. The van der Waals surface area contributed by atoms with Gasteiger partial charge in [-0.15, -0.1) is 0 Å². The van der Waals surface area contributed by atoms with Crippen molar-refractivity contribution in [3.63, 3.8) is 0 Å². The quantitative estimate of drug-likeness (QED) is 0.150. The Morgan fingerprint density at radius 2 is 1.62 bits per heavy atom. The molecule has 2 aliphatic heterocycles. The van der Waals surface area contributed by atoms with Crippen molar-refractivity contribution < 1.29 is 23.5 Å². The van der Waals surface area contributed by atoms with E-state index in [0.29, 0.717) is 13.1 Å². The summed E-state index contributed by atoms with van der Waals surface area (Å²) in [6.07, 6.45) is 4.51. The summed E-state index contributed by atoms with van der Waals surface area (Å²) in [6.45, 7) is 23.3. The lowest BCUT2D eigenvalue weighted by Gasteiger charge is -2.41. The van der Waals surface area contributed by atoms with Crippen LogP contribution >= 0.6 is 0 Å². The fourth-order valence-corrected chi connectivity index (χ4v) is 8.45. The van der Waals surface area contributed by atoms with E-state index in [1.165, 1.54) is 0 Å². The van der Waals surface area contributed by atoms with Gasteiger partial charge < -0.3 is 28.3 Å². The minimum atomic E-state index is -2.30. The Kier molecular flexibility index (Phi) is 11.7. The molecule has 55 heavy (non-hydrogen) atoms. The summed E-state index contributed by atoms with van der Waals surface area (Å²) in [5, 5.41) is -0.0471. The summed E-state index contributed by atoms with van der Waals surface area (Å²) in [5.74, 6) is 1.77. The Balaban J connectivity index is 1.24. The van der Waals surface area contributed by atoms with Crippen LogP contribution in [0.1, 0.15) is 99.8 Å². The van der Waals surface area contributed by atoms with Gasteiger partial charge in [0.05, 0.1) is 19.2 Å². The van der Waals surface area contributed by atoms with E-state index >= 15 is 0 Å². The second kappa shape index (κ2) is 16.0. The lowest BCUT2D eigenvalue weighted by atomic mass is 9.96. The number of hydrogen-bond acceptors (Lipinski definition) is 6. The second-order valence-corrected chi connectivity index (χ2v) is 22.6. The molecule has 0 aliphatic carbocycles. The van der Waals surface area contributed by atoms with Gasteiger partial charge >= 0.3 is 6.09 Å². The molecular weight excluding hydrogens is 705 g/mol. The number of pyridine rings is 1. The number of carbonyl (C=O) groups is 2. The molecule has 2 aromatic heterocycles. The third kappa shape index (κ3) is 9.52. The van der Waals surface area contributed by atoms with Gasteiger partial charge in [0.15, 0.2) is 8.32 Å². The molecule has 9 nitrogen and oxygen atoms in total. The molecule has 2 aliphatic rings. The van der Waals surface area contributed by atoms with Crippen molar-refractivity contribution in [2.24, 2.45) is 0 Å². The van der Waals surface area contributed by atoms with E-state index in [1.807, 2.05) is 62.2 Å². The van der Waals surface area contributed by atoms with Gasteiger partial charge in [-0.1, -0.05) is 45.0 Å². The van der Waals surface area contributed by atoms with E-state index in [-0.39, 0.29) is 17.0 Å². The van der Waals surface area contributed by atoms with Gasteiger partial charge in [0, 0.05) is 36.2 Å². The third-order valence-corrected chi connectivity index (χ3v) is 15.8. The van der Waals surface area contributed by atoms with Crippen LogP contribution in [0.5, 0.6) is 5.75 Å². The summed E-state index contributed by atoms with van der Waals surface area (Å²) >= 11 is 0. The highest BCUT2D eigenvalue weighted by Crippen LogP contribution is 2.40. The van der Waals surface area contributed by atoms with E-state index in [2.05, 4.69) is 88.7 Å². The van der Waals surface area contributed by atoms with Crippen LogP contribution in [0, 0.1) is 13.8 Å². The topological polar surface area (TPSA) is 86.1 Å². The molecule has 4 aromatic rings. The van der Waals surface area contributed by atoms with Crippen molar-refractivity contribution in [1.82, 2.24) is 19.4 Å². The molecule has 2 aromatic carbocycles. The van der Waals surface area contributed by atoms with Gasteiger partial charge in [-0.2, -0.15) is 0 Å². The summed E-state index contributed by atoms with van der Waals surface area (Å²) in [4.78, 5) is 35.7. The lowest BCUT2D eigenvalue weighted by molar-refractivity contribution is 0.00490. The Hall–Kier alpha value is -4.41. The maximum absolute atomic E-state index is 14.0. The summed E-state index contributed by atoms with van der Waals surface area (Å²) < 4.78 is 21.9. The third-order valence-electron chi connectivity index (χ3n) is 11.3. The number of nitrogens with zero attached hydrogens (tertiary/aromatic N) is 4. The zero-order valence-electron chi connectivity index (χ0n) is 34.6. The molecule has 6 rings (SSSR count). The molecule has 1 fully saturated rings. The Bertz CT molecular complexity index is 1970. The van der Waals surface area contributed by atoms with Crippen LogP contribution in [0.15, 0.2) is 72.9 Å². The van der Waals surface area contributed by atoms with E-state index in [1.54, 1.807) is 4.90 Å². The van der Waals surface area contributed by atoms with Crippen LogP contribution in [-0.4, -0.2) is 77.6 Å². The van der Waals surface area contributed by atoms with Crippen molar-refractivity contribution in [3.8, 4) is 22.7 Å². The van der Waals surface area contributed by atoms with Gasteiger partial charge in [0.1, 0.15) is 23.3 Å². The highest BCUT2D eigenvalue weighted by Gasteiger charge is 2.41. The summed E-state index contributed by atoms with van der Waals surface area (Å²) in [5.41, 5.74) is 6.39. The lowest BCUT2D eigenvalue weighted by Crippen LogP contribution is -2.48. The zero-order valence-corrected chi connectivity index (χ0v) is 35.6. The number of likely N-dealkylation sites (tertiary alicyclic amines) is 1. The first-order valence-electron chi connectivity index (χ1n) is 19.8. The van der Waals surface area contributed by atoms with Crippen molar-refractivity contribution >= 4 is 20.3 Å². The molecule has 0 N–H and O–H groups in total. The smallest absolute Gasteiger partial charge is 0.410 e. The fourth-order valence-electron chi connectivity index (χ4n) is 7.18. The van der Waals surface area contributed by atoms with Gasteiger partial charge in [-0.05, 0) is 143 Å². The van der Waals surface area contributed by atoms with Crippen LogP contribution < -0.4 is 4.74 Å². The maximum Gasteiger partial charge on any atom is 0.410 e. The number of rotatable bonds is 10. The van der Waals surface area contributed by atoms with Crippen LogP contribution in [-0.2, 0) is 15.6 Å². The molecule has 294 valence electrons. The number of amides is 2.